The summed E-state index contributed by atoms with van der Waals surface area (Å²) < 4.78 is 5.70. The zero-order valence-corrected chi connectivity index (χ0v) is 16.0. The maximum Gasteiger partial charge on any atom is 0.232 e. The summed E-state index contributed by atoms with van der Waals surface area (Å²) in [5, 5.41) is 12.6. The third-order valence-electron chi connectivity index (χ3n) is 4.26. The fourth-order valence-electron chi connectivity index (χ4n) is 2.70. The van der Waals surface area contributed by atoms with E-state index in [1.807, 2.05) is 37.3 Å². The molecule has 1 aromatic carbocycles. The molecule has 136 valence electrons. The van der Waals surface area contributed by atoms with Crippen LogP contribution in [0.3, 0.4) is 0 Å². The Balaban J connectivity index is 1.66. The second kappa shape index (κ2) is 8.23. The molecule has 0 saturated carbocycles. The molecule has 26 heavy (non-hydrogen) atoms. The van der Waals surface area contributed by atoms with Crippen LogP contribution >= 0.6 is 11.3 Å². The Morgan fingerprint density at radius 1 is 1.19 bits per heavy atom. The molecule has 0 aliphatic rings. The molecular formula is C19H22N4O2S. The van der Waals surface area contributed by atoms with Crippen LogP contribution in [0.4, 0.5) is 5.13 Å². The Hall–Kier alpha value is -2.54. The highest BCUT2D eigenvalue weighted by Crippen LogP contribution is 2.28. The number of nitrogens with zero attached hydrogens (tertiary/aromatic N) is 3. The van der Waals surface area contributed by atoms with Crippen molar-refractivity contribution in [3.63, 3.8) is 0 Å². The number of anilines is 1. The minimum absolute atomic E-state index is 0.141. The van der Waals surface area contributed by atoms with Gasteiger partial charge in [-0.05, 0) is 31.9 Å². The van der Waals surface area contributed by atoms with Gasteiger partial charge in [0.15, 0.2) is 0 Å². The van der Waals surface area contributed by atoms with Crippen molar-refractivity contribution in [1.82, 2.24) is 15.2 Å². The van der Waals surface area contributed by atoms with Crippen LogP contribution in [0.15, 0.2) is 34.7 Å². The lowest BCUT2D eigenvalue weighted by Crippen LogP contribution is -2.15. The molecule has 2 heterocycles. The van der Waals surface area contributed by atoms with Gasteiger partial charge in [0.25, 0.3) is 0 Å². The van der Waals surface area contributed by atoms with Crippen LogP contribution in [-0.4, -0.2) is 21.1 Å². The summed E-state index contributed by atoms with van der Waals surface area (Å²) in [7, 11) is 0. The fourth-order valence-corrected chi connectivity index (χ4v) is 3.73. The lowest BCUT2D eigenvalue weighted by atomic mass is 10.1. The molecule has 0 fully saturated rings. The maximum atomic E-state index is 12.3. The Labute approximate surface area is 156 Å². The van der Waals surface area contributed by atoms with Gasteiger partial charge in [-0.3, -0.25) is 4.79 Å². The molecule has 0 spiro atoms. The zero-order valence-electron chi connectivity index (χ0n) is 15.2. The van der Waals surface area contributed by atoms with Crippen molar-refractivity contribution >= 4 is 22.4 Å². The minimum Gasteiger partial charge on any atom is -0.441 e. The van der Waals surface area contributed by atoms with Crippen LogP contribution in [0.1, 0.15) is 49.1 Å². The Bertz CT molecular complexity index is 869. The van der Waals surface area contributed by atoms with Gasteiger partial charge in [0, 0.05) is 11.5 Å². The molecule has 0 bridgehead atoms. The lowest BCUT2D eigenvalue weighted by molar-refractivity contribution is -0.115. The number of hydrogen-bond donors (Lipinski definition) is 1. The Morgan fingerprint density at radius 3 is 2.62 bits per heavy atom. The fraction of sp³-hybridized carbons (Fsp3) is 0.368. The molecule has 0 saturated heterocycles. The van der Waals surface area contributed by atoms with E-state index in [1.54, 1.807) is 0 Å². The van der Waals surface area contributed by atoms with Crippen molar-refractivity contribution in [3.05, 3.63) is 46.8 Å². The standard InChI is InChI=1S/C19H22N4O2S/c1-4-13(5-2)18-22-23-19(26-18)21-16(24)11-15-12(3)25-17(20-15)14-9-7-6-8-10-14/h6-10,13H,4-5,11H2,1-3H3,(H,21,23,24). The molecule has 6 nitrogen and oxygen atoms in total. The van der Waals surface area contributed by atoms with Crippen LogP contribution in [0.5, 0.6) is 0 Å². The van der Waals surface area contributed by atoms with Gasteiger partial charge in [0.1, 0.15) is 10.8 Å². The number of oxazole rings is 1. The second-order valence-electron chi connectivity index (χ2n) is 6.07. The average Bonchev–Trinajstić information content (AvgIpc) is 3.24. The summed E-state index contributed by atoms with van der Waals surface area (Å²) >= 11 is 1.44. The molecule has 0 aliphatic heterocycles. The van der Waals surface area contributed by atoms with E-state index in [4.69, 9.17) is 4.42 Å². The van der Waals surface area contributed by atoms with Crippen molar-refractivity contribution in [2.45, 2.75) is 46.0 Å². The second-order valence-corrected chi connectivity index (χ2v) is 7.08. The van der Waals surface area contributed by atoms with E-state index >= 15 is 0 Å². The topological polar surface area (TPSA) is 80.9 Å². The van der Waals surface area contributed by atoms with Gasteiger partial charge in [-0.25, -0.2) is 4.98 Å². The number of amides is 1. The molecule has 1 amide bonds. The predicted octanol–water partition coefficient (Wildman–Crippen LogP) is 4.59. The van der Waals surface area contributed by atoms with Crippen LogP contribution in [0, 0.1) is 6.92 Å². The summed E-state index contributed by atoms with van der Waals surface area (Å²) in [5.74, 6) is 1.39. The number of carbonyl (C=O) groups excluding carboxylic acids is 1. The molecular weight excluding hydrogens is 348 g/mol. The first kappa shape index (κ1) is 18.3. The lowest BCUT2D eigenvalue weighted by Gasteiger charge is -2.05. The van der Waals surface area contributed by atoms with E-state index in [1.165, 1.54) is 11.3 Å². The monoisotopic (exact) mass is 370 g/mol. The highest BCUT2D eigenvalue weighted by molar-refractivity contribution is 7.15. The molecule has 0 atom stereocenters. The number of aryl methyl sites for hydroxylation is 1. The number of hydrogen-bond acceptors (Lipinski definition) is 6. The summed E-state index contributed by atoms with van der Waals surface area (Å²) in [6.07, 6.45) is 2.17. The van der Waals surface area contributed by atoms with Gasteiger partial charge in [0.05, 0.1) is 12.1 Å². The van der Waals surface area contributed by atoms with Crippen molar-refractivity contribution in [2.75, 3.05) is 5.32 Å². The highest BCUT2D eigenvalue weighted by Gasteiger charge is 2.17. The van der Waals surface area contributed by atoms with Crippen molar-refractivity contribution in [2.24, 2.45) is 0 Å². The first-order chi connectivity index (χ1) is 12.6. The number of aromatic nitrogens is 3. The SMILES string of the molecule is CCC(CC)c1nnc(NC(=O)Cc2nc(-c3ccccc3)oc2C)s1. The van der Waals surface area contributed by atoms with Crippen LogP contribution in [0.2, 0.25) is 0 Å². The Kier molecular flexibility index (Phi) is 5.78. The molecule has 3 aromatic rings. The van der Waals surface area contributed by atoms with Crippen LogP contribution < -0.4 is 5.32 Å². The smallest absolute Gasteiger partial charge is 0.232 e. The molecule has 3 rings (SSSR count). The Morgan fingerprint density at radius 2 is 1.92 bits per heavy atom. The van der Waals surface area contributed by atoms with E-state index in [0.29, 0.717) is 28.4 Å². The summed E-state index contributed by atoms with van der Waals surface area (Å²) in [5.41, 5.74) is 1.52. The van der Waals surface area contributed by atoms with E-state index < -0.39 is 0 Å². The van der Waals surface area contributed by atoms with Gasteiger partial charge in [-0.1, -0.05) is 43.4 Å². The molecule has 0 unspecified atom stereocenters. The third-order valence-corrected chi connectivity index (χ3v) is 5.26. The minimum atomic E-state index is -0.173. The normalized spacial score (nSPS) is 11.1. The third kappa shape index (κ3) is 4.16. The van der Waals surface area contributed by atoms with Crippen LogP contribution in [-0.2, 0) is 11.2 Å². The molecule has 0 aliphatic carbocycles. The molecule has 7 heteroatoms. The van der Waals surface area contributed by atoms with Crippen molar-refractivity contribution < 1.29 is 9.21 Å². The zero-order chi connectivity index (χ0) is 18.5. The number of nitrogens with one attached hydrogen (secondary N) is 1. The summed E-state index contributed by atoms with van der Waals surface area (Å²) in [6, 6.07) is 9.64. The molecule has 1 N–H and O–H groups in total. The predicted molar refractivity (Wildman–Crippen MR) is 102 cm³/mol. The number of benzene rings is 1. The van der Waals surface area contributed by atoms with E-state index in [9.17, 15) is 4.79 Å². The van der Waals surface area contributed by atoms with Gasteiger partial charge < -0.3 is 9.73 Å². The van der Waals surface area contributed by atoms with E-state index in [0.717, 1.165) is 23.4 Å². The van der Waals surface area contributed by atoms with Crippen molar-refractivity contribution in [3.8, 4) is 11.5 Å². The van der Waals surface area contributed by atoms with Crippen LogP contribution in [0.25, 0.3) is 11.5 Å². The van der Waals surface area contributed by atoms with Crippen molar-refractivity contribution in [1.29, 1.82) is 0 Å². The average molecular weight is 370 g/mol. The first-order valence-electron chi connectivity index (χ1n) is 8.75. The van der Waals surface area contributed by atoms with Gasteiger partial charge in [-0.2, -0.15) is 0 Å². The molecule has 0 radical (unpaired) electrons. The highest BCUT2D eigenvalue weighted by atomic mass is 32.1. The quantitative estimate of drug-likeness (QED) is 0.658. The maximum absolute atomic E-state index is 12.3. The van der Waals surface area contributed by atoms with E-state index in [-0.39, 0.29) is 12.3 Å². The number of carbonyl (C=O) groups is 1. The molecule has 2 aromatic heterocycles. The van der Waals surface area contributed by atoms with Gasteiger partial charge in [-0.15, -0.1) is 10.2 Å². The summed E-state index contributed by atoms with van der Waals surface area (Å²) in [4.78, 5) is 16.8. The summed E-state index contributed by atoms with van der Waals surface area (Å²) in [6.45, 7) is 6.08. The van der Waals surface area contributed by atoms with E-state index in [2.05, 4.69) is 34.3 Å². The first-order valence-corrected chi connectivity index (χ1v) is 9.57. The van der Waals surface area contributed by atoms with Gasteiger partial charge >= 0.3 is 0 Å². The van der Waals surface area contributed by atoms with Gasteiger partial charge in [0.2, 0.25) is 16.9 Å². The largest absolute Gasteiger partial charge is 0.441 e. The number of rotatable bonds is 7.